The summed E-state index contributed by atoms with van der Waals surface area (Å²) < 4.78 is 3.02. The molecule has 0 aliphatic carbocycles. The summed E-state index contributed by atoms with van der Waals surface area (Å²) in [6, 6.07) is 9.13. The highest BCUT2D eigenvalue weighted by atomic mass is 16.2. The summed E-state index contributed by atoms with van der Waals surface area (Å²) in [5, 5.41) is 2.77. The lowest BCUT2D eigenvalue weighted by atomic mass is 10.3. The van der Waals surface area contributed by atoms with Crippen LogP contribution in [0.3, 0.4) is 0 Å². The van der Waals surface area contributed by atoms with E-state index in [1.807, 2.05) is 18.2 Å². The SMILES string of the molecule is CC(=O)Nn1cc[n+](C)c1C(=O)Nc1ccccc1. The molecule has 2 aromatic rings. The van der Waals surface area contributed by atoms with E-state index in [1.165, 1.54) is 11.6 Å². The molecule has 1 aromatic carbocycles. The molecule has 0 fully saturated rings. The second-order valence-electron chi connectivity index (χ2n) is 4.09. The summed E-state index contributed by atoms with van der Waals surface area (Å²) >= 11 is 0. The van der Waals surface area contributed by atoms with E-state index in [0.29, 0.717) is 11.5 Å². The predicted molar refractivity (Wildman–Crippen MR) is 70.0 cm³/mol. The number of hydrogen-bond donors (Lipinski definition) is 2. The quantitative estimate of drug-likeness (QED) is 0.795. The summed E-state index contributed by atoms with van der Waals surface area (Å²) in [4.78, 5) is 23.3. The molecular weight excluding hydrogens is 244 g/mol. The summed E-state index contributed by atoms with van der Waals surface area (Å²) in [7, 11) is 1.73. The van der Waals surface area contributed by atoms with Crippen LogP contribution in [0.15, 0.2) is 42.7 Å². The van der Waals surface area contributed by atoms with E-state index in [4.69, 9.17) is 0 Å². The minimum Gasteiger partial charge on any atom is -0.315 e. The van der Waals surface area contributed by atoms with Gasteiger partial charge in [0.05, 0.1) is 7.05 Å². The number of amides is 2. The lowest BCUT2D eigenvalue weighted by Gasteiger charge is -2.04. The first kappa shape index (κ1) is 12.8. The monoisotopic (exact) mass is 259 g/mol. The van der Waals surface area contributed by atoms with E-state index in [9.17, 15) is 9.59 Å². The Morgan fingerprint density at radius 2 is 1.89 bits per heavy atom. The Morgan fingerprint density at radius 3 is 2.53 bits per heavy atom. The highest BCUT2D eigenvalue weighted by Crippen LogP contribution is 2.06. The number of nitrogens with one attached hydrogen (secondary N) is 2. The lowest BCUT2D eigenvalue weighted by molar-refractivity contribution is -0.672. The number of anilines is 1. The maximum absolute atomic E-state index is 12.2. The molecule has 6 heteroatoms. The van der Waals surface area contributed by atoms with Crippen LogP contribution in [0.25, 0.3) is 0 Å². The van der Waals surface area contributed by atoms with Crippen molar-refractivity contribution < 1.29 is 14.2 Å². The van der Waals surface area contributed by atoms with Gasteiger partial charge in [-0.05, 0) is 12.1 Å². The molecule has 0 unspecified atom stereocenters. The minimum absolute atomic E-state index is 0.245. The zero-order valence-corrected chi connectivity index (χ0v) is 10.8. The van der Waals surface area contributed by atoms with Gasteiger partial charge in [-0.2, -0.15) is 5.43 Å². The van der Waals surface area contributed by atoms with Gasteiger partial charge in [0, 0.05) is 12.6 Å². The van der Waals surface area contributed by atoms with Crippen molar-refractivity contribution >= 4 is 17.5 Å². The van der Waals surface area contributed by atoms with Gasteiger partial charge in [0.25, 0.3) is 5.91 Å². The van der Waals surface area contributed by atoms with Crippen LogP contribution in [-0.2, 0) is 11.8 Å². The van der Waals surface area contributed by atoms with Crippen LogP contribution < -0.4 is 15.3 Å². The van der Waals surface area contributed by atoms with E-state index in [0.717, 1.165) is 0 Å². The van der Waals surface area contributed by atoms with Crippen molar-refractivity contribution in [3.05, 3.63) is 48.5 Å². The smallest absolute Gasteiger partial charge is 0.315 e. The van der Waals surface area contributed by atoms with Crippen molar-refractivity contribution in [3.63, 3.8) is 0 Å². The molecule has 2 N–H and O–H groups in total. The second-order valence-corrected chi connectivity index (χ2v) is 4.09. The number of nitrogens with zero attached hydrogens (tertiary/aromatic N) is 2. The summed E-state index contributed by atoms with van der Waals surface area (Å²) in [6.07, 6.45) is 3.30. The third kappa shape index (κ3) is 2.98. The molecule has 0 aliphatic heterocycles. The Bertz CT molecular complexity index is 604. The van der Waals surface area contributed by atoms with E-state index in [1.54, 1.807) is 36.1 Å². The van der Waals surface area contributed by atoms with Gasteiger partial charge in [-0.1, -0.05) is 18.2 Å². The van der Waals surface area contributed by atoms with Crippen molar-refractivity contribution in [1.29, 1.82) is 0 Å². The molecule has 0 aliphatic rings. The van der Waals surface area contributed by atoms with Gasteiger partial charge >= 0.3 is 11.7 Å². The number of imidazole rings is 1. The zero-order chi connectivity index (χ0) is 13.8. The zero-order valence-electron chi connectivity index (χ0n) is 10.8. The van der Waals surface area contributed by atoms with Gasteiger partial charge in [0.15, 0.2) is 6.20 Å². The van der Waals surface area contributed by atoms with Crippen molar-refractivity contribution in [2.45, 2.75) is 6.92 Å². The number of aromatic nitrogens is 2. The van der Waals surface area contributed by atoms with E-state index in [2.05, 4.69) is 10.7 Å². The number of para-hydroxylation sites is 1. The number of carbonyl (C=O) groups is 2. The first-order valence-electron chi connectivity index (χ1n) is 5.79. The summed E-state index contributed by atoms with van der Waals surface area (Å²) in [6.45, 7) is 1.39. The van der Waals surface area contributed by atoms with Crippen LogP contribution >= 0.6 is 0 Å². The van der Waals surface area contributed by atoms with Crippen LogP contribution in [-0.4, -0.2) is 16.5 Å². The standard InChI is InChI=1S/C13H14N4O2/c1-10(18)15-17-9-8-16(2)13(17)12(19)14-11-6-4-3-5-7-11/h3-9H,1-2H3,(H-,14,15,18,19)/p+1. The normalized spacial score (nSPS) is 10.0. The van der Waals surface area contributed by atoms with Gasteiger partial charge in [-0.3, -0.25) is 9.59 Å². The van der Waals surface area contributed by atoms with E-state index >= 15 is 0 Å². The molecule has 0 radical (unpaired) electrons. The fourth-order valence-corrected chi connectivity index (χ4v) is 1.72. The van der Waals surface area contributed by atoms with Gasteiger partial charge in [-0.25, -0.2) is 4.57 Å². The van der Waals surface area contributed by atoms with Gasteiger partial charge < -0.3 is 5.32 Å². The fraction of sp³-hybridized carbons (Fsp3) is 0.154. The Hall–Kier alpha value is -2.63. The van der Waals surface area contributed by atoms with Crippen LogP contribution in [0.4, 0.5) is 5.69 Å². The highest BCUT2D eigenvalue weighted by Gasteiger charge is 2.24. The molecule has 1 heterocycles. The van der Waals surface area contributed by atoms with E-state index in [-0.39, 0.29) is 11.8 Å². The molecule has 2 rings (SSSR count). The Morgan fingerprint density at radius 1 is 1.21 bits per heavy atom. The number of carbonyl (C=O) groups excluding carboxylic acids is 2. The number of rotatable bonds is 3. The molecule has 0 saturated carbocycles. The van der Waals surface area contributed by atoms with Crippen LogP contribution in [0, 0.1) is 0 Å². The van der Waals surface area contributed by atoms with Crippen LogP contribution in [0.2, 0.25) is 0 Å². The first-order chi connectivity index (χ1) is 9.08. The molecule has 0 bridgehead atoms. The molecule has 6 nitrogen and oxygen atoms in total. The molecule has 0 saturated heterocycles. The second kappa shape index (κ2) is 5.34. The number of aryl methyl sites for hydroxylation is 1. The van der Waals surface area contributed by atoms with Crippen molar-refractivity contribution in [2.75, 3.05) is 10.7 Å². The summed E-state index contributed by atoms with van der Waals surface area (Å²) in [5.74, 6) is -0.212. The predicted octanol–water partition coefficient (Wildman–Crippen LogP) is 0.655. The number of benzene rings is 1. The molecule has 1 aromatic heterocycles. The lowest BCUT2D eigenvalue weighted by Crippen LogP contribution is -2.40. The molecule has 2 amide bonds. The average molecular weight is 259 g/mol. The third-order valence-corrected chi connectivity index (χ3v) is 2.51. The van der Waals surface area contributed by atoms with Crippen molar-refractivity contribution in [3.8, 4) is 0 Å². The third-order valence-electron chi connectivity index (χ3n) is 2.51. The molecule has 0 spiro atoms. The molecule has 19 heavy (non-hydrogen) atoms. The first-order valence-corrected chi connectivity index (χ1v) is 5.79. The van der Waals surface area contributed by atoms with E-state index < -0.39 is 0 Å². The Labute approximate surface area is 110 Å². The maximum Gasteiger partial charge on any atom is 0.371 e. The number of hydrogen-bond acceptors (Lipinski definition) is 2. The van der Waals surface area contributed by atoms with Gasteiger partial charge in [0.1, 0.15) is 6.20 Å². The Balaban J connectivity index is 2.23. The van der Waals surface area contributed by atoms with Crippen LogP contribution in [0.5, 0.6) is 0 Å². The molecule has 98 valence electrons. The average Bonchev–Trinajstić information content (AvgIpc) is 2.71. The Kier molecular flexibility index (Phi) is 3.61. The largest absolute Gasteiger partial charge is 0.371 e. The minimum atomic E-state index is -0.299. The van der Waals surface area contributed by atoms with Crippen LogP contribution in [0.1, 0.15) is 17.5 Å². The van der Waals surface area contributed by atoms with Gasteiger partial charge in [0.2, 0.25) is 0 Å². The van der Waals surface area contributed by atoms with Crippen molar-refractivity contribution in [2.24, 2.45) is 7.05 Å². The molecular formula is C13H15N4O2+. The van der Waals surface area contributed by atoms with Crippen molar-refractivity contribution in [1.82, 2.24) is 4.68 Å². The van der Waals surface area contributed by atoms with Gasteiger partial charge in [-0.15, -0.1) is 4.68 Å². The highest BCUT2D eigenvalue weighted by molar-refractivity contribution is 6.01. The fourth-order valence-electron chi connectivity index (χ4n) is 1.72. The molecule has 0 atom stereocenters. The topological polar surface area (TPSA) is 67.0 Å². The maximum atomic E-state index is 12.2. The summed E-state index contributed by atoms with van der Waals surface area (Å²) in [5.41, 5.74) is 3.25.